The summed E-state index contributed by atoms with van der Waals surface area (Å²) in [5, 5.41) is 10.9. The van der Waals surface area contributed by atoms with Crippen molar-refractivity contribution in [3.63, 3.8) is 0 Å². The first-order valence-corrected chi connectivity index (χ1v) is 20.0. The molecule has 0 saturated heterocycles. The van der Waals surface area contributed by atoms with Gasteiger partial charge in [0.05, 0.1) is 12.5 Å². The van der Waals surface area contributed by atoms with Crippen LogP contribution in [0.2, 0.25) is 0 Å². The zero-order valence-electron chi connectivity index (χ0n) is 32.0. The van der Waals surface area contributed by atoms with E-state index in [2.05, 4.69) is 79.7 Å². The average molecular weight is 675 g/mol. The van der Waals surface area contributed by atoms with Gasteiger partial charge >= 0.3 is 11.9 Å². The van der Waals surface area contributed by atoms with E-state index in [9.17, 15) is 14.7 Å². The van der Waals surface area contributed by atoms with E-state index in [1.165, 1.54) is 17.6 Å². The fraction of sp³-hybridized carbons (Fsp3) is 0.773. The molecule has 5 nitrogen and oxygen atoms in total. The highest BCUT2D eigenvalue weighted by atomic mass is 16.6. The molecule has 0 aliphatic heterocycles. The highest BCUT2D eigenvalue weighted by Gasteiger charge is 2.58. The number of ether oxygens (including phenoxy) is 2. The Morgan fingerprint density at radius 1 is 0.735 bits per heavy atom. The summed E-state index contributed by atoms with van der Waals surface area (Å²) in [6.45, 7) is 18.3. The monoisotopic (exact) mass is 674 g/mol. The van der Waals surface area contributed by atoms with Crippen molar-refractivity contribution in [1.82, 2.24) is 0 Å². The van der Waals surface area contributed by atoms with Crippen LogP contribution < -0.4 is 0 Å². The lowest BCUT2D eigenvalue weighted by Gasteiger charge is -2.58. The van der Waals surface area contributed by atoms with Gasteiger partial charge in [0.1, 0.15) is 11.2 Å². The number of hydrogen-bond acceptors (Lipinski definition) is 5. The van der Waals surface area contributed by atoms with Crippen LogP contribution in [-0.2, 0) is 19.1 Å². The van der Waals surface area contributed by atoms with Crippen molar-refractivity contribution >= 4 is 11.9 Å². The Balaban J connectivity index is 1.02. The molecule has 0 aromatic rings. The van der Waals surface area contributed by atoms with E-state index in [1.807, 2.05) is 0 Å². The summed E-state index contributed by atoms with van der Waals surface area (Å²) in [5.41, 5.74) is 5.31. The number of carbonyl (C=O) groups is 2. The van der Waals surface area contributed by atoms with Crippen LogP contribution in [0.5, 0.6) is 0 Å². The minimum atomic E-state index is -0.923. The fourth-order valence-corrected chi connectivity index (χ4v) is 12.1. The Morgan fingerprint density at radius 3 is 1.63 bits per heavy atom. The molecule has 0 bridgehead atoms. The highest BCUT2D eigenvalue weighted by Crippen LogP contribution is 2.62. The maximum Gasteiger partial charge on any atom is 0.308 e. The van der Waals surface area contributed by atoms with Crippen molar-refractivity contribution in [2.45, 2.75) is 169 Å². The molecule has 4 saturated carbocycles. The molecular weight excluding hydrogens is 608 g/mol. The Bertz CT molecular complexity index is 1410. The van der Waals surface area contributed by atoms with Crippen LogP contribution in [0.25, 0.3) is 0 Å². The molecule has 9 unspecified atom stereocenters. The third kappa shape index (κ3) is 6.93. The summed E-state index contributed by atoms with van der Waals surface area (Å²) in [6.07, 6.45) is 21.7. The van der Waals surface area contributed by atoms with Gasteiger partial charge in [-0.05, 0) is 143 Å². The standard InChI is InChI=1S/C44H66O5/c1-28(2)30-11-16-35-32(25-30)13-18-37-41(35,5)21-9-23-43(37,7)48-39(46)20-15-34(45)27-40(47)49-44(8)24-10-22-42(6)36-17-12-31(29(3)4)26-33(36)14-19-38(42)44/h11-12,25-26,28-29,34-38,45H,9-10,13-24,27H2,1-8H3. The van der Waals surface area contributed by atoms with Gasteiger partial charge in [-0.1, -0.05) is 77.0 Å². The van der Waals surface area contributed by atoms with Crippen molar-refractivity contribution in [3.05, 3.63) is 46.6 Å². The Labute approximate surface area is 297 Å². The van der Waals surface area contributed by atoms with Crippen LogP contribution in [-0.4, -0.2) is 34.4 Å². The second-order valence-corrected chi connectivity index (χ2v) is 18.6. The van der Waals surface area contributed by atoms with Gasteiger partial charge in [-0.15, -0.1) is 0 Å². The number of esters is 2. The predicted molar refractivity (Wildman–Crippen MR) is 196 cm³/mol. The van der Waals surface area contributed by atoms with E-state index in [0.29, 0.717) is 35.5 Å². The largest absolute Gasteiger partial charge is 0.459 e. The van der Waals surface area contributed by atoms with Gasteiger partial charge in [0.25, 0.3) is 0 Å². The van der Waals surface area contributed by atoms with E-state index in [-0.39, 0.29) is 42.0 Å². The van der Waals surface area contributed by atoms with E-state index in [4.69, 9.17) is 9.47 Å². The Hall–Kier alpha value is -2.14. The molecule has 6 aliphatic carbocycles. The molecule has 6 aliphatic rings. The van der Waals surface area contributed by atoms with Gasteiger partial charge in [0, 0.05) is 18.3 Å². The highest BCUT2D eigenvalue weighted by molar-refractivity contribution is 5.72. The second-order valence-electron chi connectivity index (χ2n) is 18.6. The van der Waals surface area contributed by atoms with Gasteiger partial charge in [-0.2, -0.15) is 0 Å². The number of aliphatic hydroxyl groups excluding tert-OH is 1. The molecule has 0 aromatic heterocycles. The van der Waals surface area contributed by atoms with Crippen molar-refractivity contribution in [2.24, 2.45) is 46.3 Å². The first-order valence-electron chi connectivity index (χ1n) is 20.0. The van der Waals surface area contributed by atoms with Crippen molar-refractivity contribution in [2.75, 3.05) is 0 Å². The van der Waals surface area contributed by atoms with Crippen LogP contribution in [0.4, 0.5) is 0 Å². The third-order valence-electron chi connectivity index (χ3n) is 14.8. The summed E-state index contributed by atoms with van der Waals surface area (Å²) in [6, 6.07) is 0. The van der Waals surface area contributed by atoms with Gasteiger partial charge in [-0.3, -0.25) is 9.59 Å². The van der Waals surface area contributed by atoms with Crippen LogP contribution in [0, 0.1) is 46.3 Å². The second kappa shape index (κ2) is 13.8. The number of hydrogen-bond donors (Lipinski definition) is 1. The molecule has 0 radical (unpaired) electrons. The van der Waals surface area contributed by atoms with Crippen LogP contribution in [0.1, 0.15) is 152 Å². The number of aliphatic hydroxyl groups is 1. The molecule has 1 N–H and O–H groups in total. The topological polar surface area (TPSA) is 72.8 Å². The summed E-state index contributed by atoms with van der Waals surface area (Å²) >= 11 is 0. The fourth-order valence-electron chi connectivity index (χ4n) is 12.1. The molecule has 0 amide bonds. The zero-order valence-corrected chi connectivity index (χ0v) is 32.0. The van der Waals surface area contributed by atoms with E-state index in [0.717, 1.165) is 70.6 Å². The number of rotatable bonds is 9. The number of fused-ring (bicyclic) bond motifs is 6. The summed E-state index contributed by atoms with van der Waals surface area (Å²) < 4.78 is 12.7. The van der Waals surface area contributed by atoms with Gasteiger partial charge in [0.2, 0.25) is 0 Å². The molecule has 9 atom stereocenters. The lowest BCUT2D eigenvalue weighted by atomic mass is 9.49. The molecule has 272 valence electrons. The maximum absolute atomic E-state index is 13.4. The summed E-state index contributed by atoms with van der Waals surface area (Å²) in [4.78, 5) is 26.7. The van der Waals surface area contributed by atoms with Crippen molar-refractivity contribution < 1.29 is 24.2 Å². The minimum absolute atomic E-state index is 0.0813. The lowest BCUT2D eigenvalue weighted by Crippen LogP contribution is -2.56. The van der Waals surface area contributed by atoms with Crippen molar-refractivity contribution in [1.29, 1.82) is 0 Å². The van der Waals surface area contributed by atoms with Gasteiger partial charge in [-0.25, -0.2) is 0 Å². The zero-order chi connectivity index (χ0) is 35.4. The predicted octanol–water partition coefficient (Wildman–Crippen LogP) is 10.4. The molecular formula is C44H66O5. The smallest absolute Gasteiger partial charge is 0.308 e. The van der Waals surface area contributed by atoms with Gasteiger partial charge < -0.3 is 14.6 Å². The summed E-state index contributed by atoms with van der Waals surface area (Å²) in [5.74, 6) is 2.16. The lowest BCUT2D eigenvalue weighted by molar-refractivity contribution is -0.189. The first-order chi connectivity index (χ1) is 23.1. The first kappa shape index (κ1) is 36.6. The minimum Gasteiger partial charge on any atom is -0.459 e. The average Bonchev–Trinajstić information content (AvgIpc) is 3.02. The van der Waals surface area contributed by atoms with Crippen LogP contribution in [0.15, 0.2) is 46.6 Å². The summed E-state index contributed by atoms with van der Waals surface area (Å²) in [7, 11) is 0. The quantitative estimate of drug-likeness (QED) is 0.247. The van der Waals surface area contributed by atoms with Crippen LogP contribution >= 0.6 is 0 Å². The molecule has 0 heterocycles. The normalized spacial score (nSPS) is 39.2. The molecule has 5 heteroatoms. The van der Waals surface area contributed by atoms with E-state index >= 15 is 0 Å². The van der Waals surface area contributed by atoms with Crippen molar-refractivity contribution in [3.8, 4) is 0 Å². The van der Waals surface area contributed by atoms with Crippen LogP contribution in [0.3, 0.4) is 0 Å². The molecule has 0 spiro atoms. The third-order valence-corrected chi connectivity index (χ3v) is 14.8. The molecule has 49 heavy (non-hydrogen) atoms. The van der Waals surface area contributed by atoms with E-state index < -0.39 is 17.3 Å². The molecule has 6 rings (SSSR count). The SMILES string of the molecule is CC(C)C1=CCC2C(=C1)CCC1C(C)(OC(=O)CCC(O)CC(=O)OC3(C)CCCC4(C)C5CC=C(C(C)C)C=C5CCC34)CCCC21C. The maximum atomic E-state index is 13.4. The Kier molecular flexibility index (Phi) is 10.3. The molecule has 0 aromatic carbocycles. The number of carbonyl (C=O) groups excluding carboxylic acids is 2. The Morgan fingerprint density at radius 2 is 1.18 bits per heavy atom. The van der Waals surface area contributed by atoms with Gasteiger partial charge in [0.15, 0.2) is 0 Å². The molecule has 4 fully saturated rings. The number of allylic oxidation sites excluding steroid dienone is 8. The van der Waals surface area contributed by atoms with E-state index in [1.54, 1.807) is 11.1 Å².